The first kappa shape index (κ1) is 12.5. The fraction of sp³-hybridized carbons (Fsp3) is 0.0769. The average Bonchev–Trinajstić information content (AvgIpc) is 2.40. The van der Waals surface area contributed by atoms with Crippen LogP contribution < -0.4 is 5.48 Å². The molecule has 0 aliphatic carbocycles. The molecule has 92 valence electrons. The summed E-state index contributed by atoms with van der Waals surface area (Å²) >= 11 is 5.79. The van der Waals surface area contributed by atoms with Crippen LogP contribution in [0.25, 0.3) is 0 Å². The van der Waals surface area contributed by atoms with E-state index in [1.54, 1.807) is 12.1 Å². The zero-order valence-electron chi connectivity index (χ0n) is 9.47. The molecule has 18 heavy (non-hydrogen) atoms. The van der Waals surface area contributed by atoms with E-state index in [4.69, 9.17) is 16.4 Å². The number of rotatable bonds is 4. The summed E-state index contributed by atoms with van der Waals surface area (Å²) in [6.45, 7) is 0.296. The summed E-state index contributed by atoms with van der Waals surface area (Å²) in [5.74, 6) is -0.413. The van der Waals surface area contributed by atoms with Crippen LogP contribution in [0.5, 0.6) is 0 Å². The van der Waals surface area contributed by atoms with E-state index in [1.165, 1.54) is 6.20 Å². The van der Waals surface area contributed by atoms with Gasteiger partial charge in [-0.1, -0.05) is 41.9 Å². The monoisotopic (exact) mass is 262 g/mol. The van der Waals surface area contributed by atoms with Crippen molar-refractivity contribution in [2.45, 2.75) is 6.61 Å². The Hall–Kier alpha value is -1.91. The highest BCUT2D eigenvalue weighted by Crippen LogP contribution is 2.11. The van der Waals surface area contributed by atoms with Gasteiger partial charge in [-0.2, -0.15) is 0 Å². The van der Waals surface area contributed by atoms with Gasteiger partial charge in [0, 0.05) is 6.20 Å². The van der Waals surface area contributed by atoms with Crippen molar-refractivity contribution >= 4 is 17.5 Å². The average molecular weight is 263 g/mol. The number of nitrogens with zero attached hydrogens (tertiary/aromatic N) is 1. The van der Waals surface area contributed by atoms with E-state index in [0.717, 1.165) is 5.56 Å². The molecule has 0 aliphatic heterocycles. The van der Waals surface area contributed by atoms with Gasteiger partial charge < -0.3 is 0 Å². The van der Waals surface area contributed by atoms with Crippen LogP contribution in [0, 0.1) is 0 Å². The van der Waals surface area contributed by atoms with Gasteiger partial charge in [-0.3, -0.25) is 9.63 Å². The van der Waals surface area contributed by atoms with Crippen molar-refractivity contribution in [2.75, 3.05) is 0 Å². The van der Waals surface area contributed by atoms with Crippen LogP contribution in [0.15, 0.2) is 48.7 Å². The number of carbonyl (C=O) groups excluding carboxylic acids is 1. The lowest BCUT2D eigenvalue weighted by Crippen LogP contribution is -2.24. The molecule has 1 aromatic heterocycles. The molecular weight excluding hydrogens is 252 g/mol. The zero-order chi connectivity index (χ0) is 12.8. The van der Waals surface area contributed by atoms with Crippen LogP contribution in [0.4, 0.5) is 0 Å². The SMILES string of the molecule is O=C(NOCc1ccccc1)c1cccnc1Cl. The van der Waals surface area contributed by atoms with Crippen LogP contribution in [-0.2, 0) is 11.4 Å². The smallest absolute Gasteiger partial charge is 0.269 e. The predicted molar refractivity (Wildman–Crippen MR) is 67.9 cm³/mol. The molecule has 0 bridgehead atoms. The summed E-state index contributed by atoms with van der Waals surface area (Å²) < 4.78 is 0. The predicted octanol–water partition coefficient (Wildman–Crippen LogP) is 2.60. The van der Waals surface area contributed by atoms with Crippen molar-refractivity contribution < 1.29 is 9.63 Å². The first-order valence-corrected chi connectivity index (χ1v) is 5.72. The Balaban J connectivity index is 1.88. The molecule has 0 saturated heterocycles. The Morgan fingerprint density at radius 1 is 1.22 bits per heavy atom. The summed E-state index contributed by atoms with van der Waals surface area (Å²) in [4.78, 5) is 20.6. The first-order valence-electron chi connectivity index (χ1n) is 5.34. The van der Waals surface area contributed by atoms with Gasteiger partial charge in [-0.25, -0.2) is 10.5 Å². The molecule has 1 amide bonds. The number of aromatic nitrogens is 1. The van der Waals surface area contributed by atoms with E-state index in [2.05, 4.69) is 10.5 Å². The molecule has 0 spiro atoms. The van der Waals surface area contributed by atoms with Gasteiger partial charge in [0.25, 0.3) is 5.91 Å². The van der Waals surface area contributed by atoms with Crippen molar-refractivity contribution in [1.29, 1.82) is 0 Å². The van der Waals surface area contributed by atoms with Gasteiger partial charge in [0.1, 0.15) is 5.15 Å². The minimum absolute atomic E-state index is 0.151. The minimum Gasteiger partial charge on any atom is -0.269 e. The molecule has 0 radical (unpaired) electrons. The van der Waals surface area contributed by atoms with Crippen molar-refractivity contribution in [1.82, 2.24) is 10.5 Å². The number of hydrogen-bond acceptors (Lipinski definition) is 3. The maximum Gasteiger partial charge on any atom is 0.277 e. The third-order valence-corrected chi connectivity index (χ3v) is 2.55. The Kier molecular flexibility index (Phi) is 4.28. The Bertz CT molecular complexity index is 532. The molecule has 2 aromatic rings. The van der Waals surface area contributed by atoms with Crippen LogP contribution in [0.2, 0.25) is 5.15 Å². The van der Waals surface area contributed by atoms with Gasteiger partial charge in [0.05, 0.1) is 12.2 Å². The third-order valence-electron chi connectivity index (χ3n) is 2.25. The molecule has 1 N–H and O–H groups in total. The standard InChI is InChI=1S/C13H11ClN2O2/c14-12-11(7-4-8-15-12)13(17)16-18-9-10-5-2-1-3-6-10/h1-8H,9H2,(H,16,17). The number of hydrogen-bond donors (Lipinski definition) is 1. The quantitative estimate of drug-likeness (QED) is 0.681. The lowest BCUT2D eigenvalue weighted by atomic mass is 10.2. The second kappa shape index (κ2) is 6.14. The topological polar surface area (TPSA) is 51.2 Å². The molecule has 4 nitrogen and oxygen atoms in total. The van der Waals surface area contributed by atoms with E-state index in [9.17, 15) is 4.79 Å². The van der Waals surface area contributed by atoms with E-state index >= 15 is 0 Å². The molecule has 0 aliphatic rings. The summed E-state index contributed by atoms with van der Waals surface area (Å²) in [7, 11) is 0. The Morgan fingerprint density at radius 3 is 2.72 bits per heavy atom. The van der Waals surface area contributed by atoms with Gasteiger partial charge in [-0.05, 0) is 17.7 Å². The highest BCUT2D eigenvalue weighted by molar-refractivity contribution is 6.32. The lowest BCUT2D eigenvalue weighted by molar-refractivity contribution is 0.0233. The van der Waals surface area contributed by atoms with Gasteiger partial charge in [0.2, 0.25) is 0 Å². The van der Waals surface area contributed by atoms with Crippen molar-refractivity contribution in [3.05, 3.63) is 64.9 Å². The normalized spacial score (nSPS) is 10.1. The first-order chi connectivity index (χ1) is 8.77. The molecule has 0 saturated carbocycles. The molecule has 1 heterocycles. The Morgan fingerprint density at radius 2 is 2.00 bits per heavy atom. The number of halogens is 1. The molecular formula is C13H11ClN2O2. The van der Waals surface area contributed by atoms with Gasteiger partial charge >= 0.3 is 0 Å². The number of benzene rings is 1. The minimum atomic E-state index is -0.413. The number of nitrogens with one attached hydrogen (secondary N) is 1. The zero-order valence-corrected chi connectivity index (χ0v) is 10.2. The summed E-state index contributed by atoms with van der Waals surface area (Å²) in [5.41, 5.74) is 3.58. The highest BCUT2D eigenvalue weighted by Gasteiger charge is 2.10. The number of carbonyl (C=O) groups is 1. The number of pyridine rings is 1. The fourth-order valence-electron chi connectivity index (χ4n) is 1.37. The van der Waals surface area contributed by atoms with Gasteiger partial charge in [0.15, 0.2) is 0 Å². The van der Waals surface area contributed by atoms with Crippen LogP contribution in [0.3, 0.4) is 0 Å². The van der Waals surface area contributed by atoms with E-state index in [0.29, 0.717) is 6.61 Å². The van der Waals surface area contributed by atoms with Crippen molar-refractivity contribution in [2.24, 2.45) is 0 Å². The second-order valence-electron chi connectivity index (χ2n) is 3.55. The third kappa shape index (κ3) is 3.29. The molecule has 0 unspecified atom stereocenters. The number of hydroxylamine groups is 1. The largest absolute Gasteiger partial charge is 0.277 e. The van der Waals surface area contributed by atoms with Crippen LogP contribution in [-0.4, -0.2) is 10.9 Å². The van der Waals surface area contributed by atoms with Crippen LogP contribution in [0.1, 0.15) is 15.9 Å². The van der Waals surface area contributed by atoms with Crippen LogP contribution >= 0.6 is 11.6 Å². The molecule has 0 fully saturated rings. The molecule has 5 heteroatoms. The Labute approximate surface area is 110 Å². The van der Waals surface area contributed by atoms with Gasteiger partial charge in [-0.15, -0.1) is 0 Å². The summed E-state index contributed by atoms with van der Waals surface area (Å²) in [5, 5.41) is 0.151. The van der Waals surface area contributed by atoms with Crippen molar-refractivity contribution in [3.63, 3.8) is 0 Å². The van der Waals surface area contributed by atoms with Crippen molar-refractivity contribution in [3.8, 4) is 0 Å². The second-order valence-corrected chi connectivity index (χ2v) is 3.91. The maximum atomic E-state index is 11.7. The molecule has 1 aromatic carbocycles. The van der Waals surface area contributed by atoms with E-state index in [-0.39, 0.29) is 10.7 Å². The number of amides is 1. The molecule has 0 atom stereocenters. The highest BCUT2D eigenvalue weighted by atomic mass is 35.5. The lowest BCUT2D eigenvalue weighted by Gasteiger charge is -2.06. The maximum absolute atomic E-state index is 11.7. The summed E-state index contributed by atoms with van der Waals surface area (Å²) in [6, 6.07) is 12.7. The molecule has 2 rings (SSSR count). The van der Waals surface area contributed by atoms with E-state index < -0.39 is 5.91 Å². The fourth-order valence-corrected chi connectivity index (χ4v) is 1.57. The van der Waals surface area contributed by atoms with E-state index in [1.807, 2.05) is 30.3 Å². The summed E-state index contributed by atoms with van der Waals surface area (Å²) in [6.07, 6.45) is 1.52.